The van der Waals surface area contributed by atoms with Crippen molar-refractivity contribution in [1.29, 1.82) is 0 Å². The van der Waals surface area contributed by atoms with E-state index in [2.05, 4.69) is 46.8 Å². The molecule has 2 N–H and O–H groups in total. The summed E-state index contributed by atoms with van der Waals surface area (Å²) in [7, 11) is 0. The average Bonchev–Trinajstić information content (AvgIpc) is 3.19. The van der Waals surface area contributed by atoms with E-state index in [9.17, 15) is 15.0 Å². The molecule has 1 fully saturated rings. The number of aliphatic hydroxyl groups excluding tert-OH is 2. The van der Waals surface area contributed by atoms with Crippen LogP contribution in [0.3, 0.4) is 0 Å². The molecule has 0 aromatic heterocycles. The second kappa shape index (κ2) is 13.1. The van der Waals surface area contributed by atoms with Gasteiger partial charge in [-0.15, -0.1) is 0 Å². The molecule has 5 atom stereocenters. The lowest BCUT2D eigenvalue weighted by Gasteiger charge is -2.30. The standard InChI is InChI=1S/C26H45NO3S/c1-6-7-8-9-22(28)10-11-23-24-15-20(14-21(24)16-25(23)29)12-13-31-17-26(30)27(18(2)3)19(4)5/h10-11,14,18-19,21-25,28-29H,6-9,12-13,15-17H2,1-5H3/t21-,22-,23+,24-,25+/m0/s1. The highest BCUT2D eigenvalue weighted by Gasteiger charge is 2.43. The maximum absolute atomic E-state index is 12.5. The summed E-state index contributed by atoms with van der Waals surface area (Å²) in [5.74, 6) is 2.84. The second-order valence-corrected chi connectivity index (χ2v) is 11.1. The number of fused-ring (bicyclic) bond motifs is 1. The van der Waals surface area contributed by atoms with Gasteiger partial charge in [0.2, 0.25) is 5.91 Å². The van der Waals surface area contributed by atoms with E-state index in [4.69, 9.17) is 0 Å². The van der Waals surface area contributed by atoms with E-state index in [0.29, 0.717) is 17.6 Å². The minimum Gasteiger partial charge on any atom is -0.392 e. The fraction of sp³-hybridized carbons (Fsp3) is 0.808. The molecule has 0 spiro atoms. The van der Waals surface area contributed by atoms with E-state index in [-0.39, 0.29) is 30.0 Å². The fourth-order valence-corrected chi connectivity index (χ4v) is 6.23. The van der Waals surface area contributed by atoms with Gasteiger partial charge in [-0.05, 0) is 71.0 Å². The van der Waals surface area contributed by atoms with E-state index in [0.717, 1.165) is 50.7 Å². The quantitative estimate of drug-likeness (QED) is 0.299. The van der Waals surface area contributed by atoms with E-state index in [1.54, 1.807) is 11.8 Å². The number of carbonyl (C=O) groups excluding carboxylic acids is 1. The zero-order valence-electron chi connectivity index (χ0n) is 20.3. The van der Waals surface area contributed by atoms with Gasteiger partial charge in [0, 0.05) is 18.0 Å². The van der Waals surface area contributed by atoms with Gasteiger partial charge < -0.3 is 15.1 Å². The van der Waals surface area contributed by atoms with Crippen LogP contribution in [0.5, 0.6) is 0 Å². The Balaban J connectivity index is 1.76. The van der Waals surface area contributed by atoms with E-state index >= 15 is 0 Å². The van der Waals surface area contributed by atoms with Crippen LogP contribution in [0.2, 0.25) is 0 Å². The van der Waals surface area contributed by atoms with Crippen LogP contribution in [0.25, 0.3) is 0 Å². The number of thioether (sulfide) groups is 1. The largest absolute Gasteiger partial charge is 0.392 e. The van der Waals surface area contributed by atoms with E-state index in [1.807, 2.05) is 11.0 Å². The SMILES string of the molecule is CCCCC[C@H](O)C=C[C@@H]1[C@H]2CC(CCSCC(=O)N(C(C)C)C(C)C)=C[C@H]2C[C@H]1O. The Morgan fingerprint density at radius 3 is 2.61 bits per heavy atom. The van der Waals surface area contributed by atoms with Crippen LogP contribution < -0.4 is 0 Å². The van der Waals surface area contributed by atoms with Gasteiger partial charge in [0.1, 0.15) is 0 Å². The molecule has 2 aliphatic rings. The maximum Gasteiger partial charge on any atom is 0.233 e. The second-order valence-electron chi connectivity index (χ2n) is 9.98. The number of allylic oxidation sites excluding steroid dienone is 2. The van der Waals surface area contributed by atoms with Gasteiger partial charge in [0.05, 0.1) is 18.0 Å². The van der Waals surface area contributed by atoms with Gasteiger partial charge in [-0.25, -0.2) is 0 Å². The molecule has 0 aromatic rings. The molecule has 0 aliphatic heterocycles. The molecule has 0 aromatic carbocycles. The molecule has 1 amide bonds. The predicted octanol–water partition coefficient (Wildman–Crippen LogP) is 5.20. The van der Waals surface area contributed by atoms with Crippen LogP contribution in [0.15, 0.2) is 23.8 Å². The molecule has 5 heteroatoms. The third kappa shape index (κ3) is 7.94. The first kappa shape index (κ1) is 26.5. The van der Waals surface area contributed by atoms with E-state index < -0.39 is 6.10 Å². The minimum atomic E-state index is -0.392. The number of nitrogens with zero attached hydrogens (tertiary/aromatic N) is 1. The van der Waals surface area contributed by atoms with Crippen molar-refractivity contribution in [2.75, 3.05) is 11.5 Å². The van der Waals surface area contributed by atoms with Crippen LogP contribution in [0.4, 0.5) is 0 Å². The molecule has 1 saturated carbocycles. The van der Waals surface area contributed by atoms with Gasteiger partial charge in [-0.2, -0.15) is 11.8 Å². The van der Waals surface area contributed by atoms with Gasteiger partial charge >= 0.3 is 0 Å². The predicted molar refractivity (Wildman–Crippen MR) is 132 cm³/mol. The van der Waals surface area contributed by atoms with Crippen molar-refractivity contribution in [3.63, 3.8) is 0 Å². The summed E-state index contributed by atoms with van der Waals surface area (Å²) in [5.41, 5.74) is 1.48. The summed E-state index contributed by atoms with van der Waals surface area (Å²) in [6.45, 7) is 10.5. The summed E-state index contributed by atoms with van der Waals surface area (Å²) >= 11 is 1.74. The van der Waals surface area contributed by atoms with Crippen LogP contribution in [-0.4, -0.2) is 56.8 Å². The van der Waals surface area contributed by atoms with Crippen molar-refractivity contribution >= 4 is 17.7 Å². The smallest absolute Gasteiger partial charge is 0.233 e. The molecule has 4 nitrogen and oxygen atoms in total. The lowest BCUT2D eigenvalue weighted by atomic mass is 9.88. The van der Waals surface area contributed by atoms with Gasteiger partial charge in [-0.3, -0.25) is 4.79 Å². The molecule has 31 heavy (non-hydrogen) atoms. The number of rotatable bonds is 13. The monoisotopic (exact) mass is 451 g/mol. The Kier molecular flexibility index (Phi) is 11.1. The molecule has 0 bridgehead atoms. The first-order chi connectivity index (χ1) is 14.7. The van der Waals surface area contributed by atoms with Gasteiger partial charge in [-0.1, -0.05) is 50.0 Å². The van der Waals surface area contributed by atoms with Crippen molar-refractivity contribution in [3.05, 3.63) is 23.8 Å². The van der Waals surface area contributed by atoms with Crippen LogP contribution in [0.1, 0.15) is 79.6 Å². The van der Waals surface area contributed by atoms with Crippen molar-refractivity contribution < 1.29 is 15.0 Å². The zero-order chi connectivity index (χ0) is 23.0. The Labute approximate surface area is 194 Å². The molecule has 2 aliphatic carbocycles. The summed E-state index contributed by atoms with van der Waals surface area (Å²) in [6, 6.07) is 0.484. The summed E-state index contributed by atoms with van der Waals surface area (Å²) in [5, 5.41) is 20.7. The number of unbranched alkanes of at least 4 members (excludes halogenated alkanes) is 2. The highest BCUT2D eigenvalue weighted by molar-refractivity contribution is 7.99. The summed E-state index contributed by atoms with van der Waals surface area (Å²) < 4.78 is 0. The fourth-order valence-electron chi connectivity index (χ4n) is 5.36. The molecule has 0 saturated heterocycles. The van der Waals surface area contributed by atoms with Gasteiger partial charge in [0.25, 0.3) is 0 Å². The third-order valence-electron chi connectivity index (χ3n) is 6.80. The van der Waals surface area contributed by atoms with Crippen molar-refractivity contribution in [2.45, 2.75) is 104 Å². The molecule has 2 rings (SSSR count). The lowest BCUT2D eigenvalue weighted by molar-refractivity contribution is -0.131. The Hall–Kier alpha value is -0.780. The van der Waals surface area contributed by atoms with Crippen LogP contribution >= 0.6 is 11.8 Å². The number of aliphatic hydroxyl groups is 2. The lowest BCUT2D eigenvalue weighted by Crippen LogP contribution is -2.43. The van der Waals surface area contributed by atoms with Crippen LogP contribution in [0, 0.1) is 17.8 Å². The Morgan fingerprint density at radius 2 is 1.97 bits per heavy atom. The molecular formula is C26H45NO3S. The van der Waals surface area contributed by atoms with Crippen molar-refractivity contribution in [2.24, 2.45) is 17.8 Å². The first-order valence-electron chi connectivity index (χ1n) is 12.4. The topological polar surface area (TPSA) is 60.8 Å². The number of carbonyl (C=O) groups is 1. The summed E-state index contributed by atoms with van der Waals surface area (Å²) in [4.78, 5) is 14.5. The number of hydrogen-bond donors (Lipinski definition) is 2. The molecule has 0 heterocycles. The maximum atomic E-state index is 12.5. The Bertz CT molecular complexity index is 608. The first-order valence-corrected chi connectivity index (χ1v) is 13.5. The average molecular weight is 452 g/mol. The highest BCUT2D eigenvalue weighted by Crippen LogP contribution is 2.48. The molecule has 0 unspecified atom stereocenters. The highest BCUT2D eigenvalue weighted by atomic mass is 32.2. The molecule has 0 radical (unpaired) electrons. The zero-order valence-corrected chi connectivity index (χ0v) is 21.1. The number of hydrogen-bond acceptors (Lipinski definition) is 4. The van der Waals surface area contributed by atoms with Gasteiger partial charge in [0.15, 0.2) is 0 Å². The minimum absolute atomic E-state index is 0.152. The van der Waals surface area contributed by atoms with E-state index in [1.165, 1.54) is 5.57 Å². The third-order valence-corrected chi connectivity index (χ3v) is 7.75. The molecule has 178 valence electrons. The normalized spacial score (nSPS) is 26.7. The summed E-state index contributed by atoms with van der Waals surface area (Å²) in [6.07, 6.45) is 12.8. The van der Waals surface area contributed by atoms with Crippen molar-refractivity contribution in [1.82, 2.24) is 4.90 Å². The van der Waals surface area contributed by atoms with Crippen molar-refractivity contribution in [3.8, 4) is 0 Å². The molecular weight excluding hydrogens is 406 g/mol. The Morgan fingerprint density at radius 1 is 1.26 bits per heavy atom. The number of amides is 1. The van der Waals surface area contributed by atoms with Crippen LogP contribution in [-0.2, 0) is 4.79 Å².